The summed E-state index contributed by atoms with van der Waals surface area (Å²) in [6.07, 6.45) is 0.813. The average Bonchev–Trinajstić information content (AvgIpc) is 2.64. The molecule has 3 aromatic rings. The Kier molecular flexibility index (Phi) is 5.37. The highest BCUT2D eigenvalue weighted by Gasteiger charge is 2.10. The molecule has 26 heavy (non-hydrogen) atoms. The number of aromatic amines is 1. The standard InChI is InChI=1S/C21H22N2O3/c1-14-8-9-18(26-2)20-17(14)13-16(21(25)23-20)10-11-22-19(24)12-15-6-4-3-5-7-15/h3-9,13H,10-12H2,1-2H3,(H,22,24)(H,23,25). The molecule has 0 spiro atoms. The number of rotatable bonds is 6. The largest absolute Gasteiger partial charge is 0.495 e. The zero-order valence-corrected chi connectivity index (χ0v) is 15.0. The summed E-state index contributed by atoms with van der Waals surface area (Å²) in [7, 11) is 1.58. The van der Waals surface area contributed by atoms with Crippen LogP contribution < -0.4 is 15.6 Å². The normalized spacial score (nSPS) is 10.7. The van der Waals surface area contributed by atoms with Gasteiger partial charge in [0, 0.05) is 17.5 Å². The van der Waals surface area contributed by atoms with E-state index in [2.05, 4.69) is 10.3 Å². The predicted molar refractivity (Wildman–Crippen MR) is 103 cm³/mol. The lowest BCUT2D eigenvalue weighted by atomic mass is 10.1. The molecule has 0 bridgehead atoms. The maximum Gasteiger partial charge on any atom is 0.251 e. The molecule has 1 heterocycles. The number of aromatic nitrogens is 1. The molecule has 0 radical (unpaired) electrons. The van der Waals surface area contributed by atoms with E-state index in [4.69, 9.17) is 4.74 Å². The van der Waals surface area contributed by atoms with Crippen molar-refractivity contribution in [3.63, 3.8) is 0 Å². The molecule has 0 unspecified atom stereocenters. The summed E-state index contributed by atoms with van der Waals surface area (Å²) in [5, 5.41) is 3.83. The summed E-state index contributed by atoms with van der Waals surface area (Å²) >= 11 is 0. The van der Waals surface area contributed by atoms with Crippen LogP contribution in [0.4, 0.5) is 0 Å². The van der Waals surface area contributed by atoms with Crippen LogP contribution in [0.2, 0.25) is 0 Å². The lowest BCUT2D eigenvalue weighted by Gasteiger charge is -2.10. The van der Waals surface area contributed by atoms with E-state index >= 15 is 0 Å². The van der Waals surface area contributed by atoms with E-state index in [1.807, 2.05) is 55.5 Å². The number of carbonyl (C=O) groups excluding carboxylic acids is 1. The van der Waals surface area contributed by atoms with Crippen molar-refractivity contribution in [3.05, 3.63) is 75.6 Å². The van der Waals surface area contributed by atoms with Gasteiger partial charge in [-0.05, 0) is 36.6 Å². The molecule has 3 rings (SSSR count). The number of hydrogen-bond acceptors (Lipinski definition) is 3. The number of hydrogen-bond donors (Lipinski definition) is 2. The molecular weight excluding hydrogens is 328 g/mol. The van der Waals surface area contributed by atoms with Gasteiger partial charge in [-0.25, -0.2) is 0 Å². The van der Waals surface area contributed by atoms with Crippen molar-refractivity contribution in [1.82, 2.24) is 10.3 Å². The number of aryl methyl sites for hydroxylation is 1. The van der Waals surface area contributed by atoms with Gasteiger partial charge in [0.05, 0.1) is 19.0 Å². The van der Waals surface area contributed by atoms with Crippen LogP contribution in [0, 0.1) is 6.92 Å². The molecule has 1 aromatic heterocycles. The first-order chi connectivity index (χ1) is 12.6. The van der Waals surface area contributed by atoms with Gasteiger partial charge < -0.3 is 15.0 Å². The van der Waals surface area contributed by atoms with Gasteiger partial charge in [-0.1, -0.05) is 36.4 Å². The van der Waals surface area contributed by atoms with Crippen LogP contribution in [-0.2, 0) is 17.6 Å². The third-order valence-electron chi connectivity index (χ3n) is 4.42. The van der Waals surface area contributed by atoms with Gasteiger partial charge in [-0.2, -0.15) is 0 Å². The third kappa shape index (κ3) is 3.94. The maximum absolute atomic E-state index is 12.4. The number of fused-ring (bicyclic) bond motifs is 1. The molecule has 5 heteroatoms. The fourth-order valence-corrected chi connectivity index (χ4v) is 2.99. The van der Waals surface area contributed by atoms with Gasteiger partial charge in [0.15, 0.2) is 0 Å². The van der Waals surface area contributed by atoms with Crippen molar-refractivity contribution in [2.24, 2.45) is 0 Å². The second-order valence-corrected chi connectivity index (χ2v) is 6.26. The zero-order chi connectivity index (χ0) is 18.5. The van der Waals surface area contributed by atoms with E-state index < -0.39 is 0 Å². The minimum atomic E-state index is -0.154. The topological polar surface area (TPSA) is 71.2 Å². The van der Waals surface area contributed by atoms with Gasteiger partial charge in [0.1, 0.15) is 5.75 Å². The molecule has 0 aliphatic heterocycles. The first-order valence-electron chi connectivity index (χ1n) is 8.58. The number of methoxy groups -OCH3 is 1. The Morgan fingerprint density at radius 2 is 1.92 bits per heavy atom. The highest BCUT2D eigenvalue weighted by Crippen LogP contribution is 2.25. The van der Waals surface area contributed by atoms with E-state index in [1.165, 1.54) is 0 Å². The Labute approximate surface area is 152 Å². The molecule has 5 nitrogen and oxygen atoms in total. The monoisotopic (exact) mass is 350 g/mol. The van der Waals surface area contributed by atoms with Crippen molar-refractivity contribution < 1.29 is 9.53 Å². The average molecular weight is 350 g/mol. The number of H-pyrrole nitrogens is 1. The SMILES string of the molecule is COc1ccc(C)c2cc(CCNC(=O)Cc3ccccc3)c(=O)[nH]c12. The van der Waals surface area contributed by atoms with Crippen molar-refractivity contribution in [2.45, 2.75) is 19.8 Å². The molecule has 0 aliphatic carbocycles. The molecule has 0 saturated heterocycles. The van der Waals surface area contributed by atoms with Crippen LogP contribution >= 0.6 is 0 Å². The molecule has 0 aliphatic rings. The van der Waals surface area contributed by atoms with Gasteiger partial charge in [-0.3, -0.25) is 9.59 Å². The molecule has 0 fully saturated rings. The minimum Gasteiger partial charge on any atom is -0.495 e. The quantitative estimate of drug-likeness (QED) is 0.718. The summed E-state index contributed by atoms with van der Waals surface area (Å²) in [5.74, 6) is 0.594. The number of pyridine rings is 1. The van der Waals surface area contributed by atoms with Crippen LogP contribution in [0.5, 0.6) is 5.75 Å². The second kappa shape index (κ2) is 7.87. The molecule has 0 atom stereocenters. The van der Waals surface area contributed by atoms with Crippen LogP contribution in [0.15, 0.2) is 53.3 Å². The summed E-state index contributed by atoms with van der Waals surface area (Å²) in [5.41, 5.74) is 3.23. The number of amides is 1. The summed E-state index contributed by atoms with van der Waals surface area (Å²) in [6, 6.07) is 15.3. The molecule has 2 aromatic carbocycles. The third-order valence-corrected chi connectivity index (χ3v) is 4.42. The van der Waals surface area contributed by atoms with Crippen LogP contribution in [0.3, 0.4) is 0 Å². The Bertz CT molecular complexity index is 978. The van der Waals surface area contributed by atoms with Crippen LogP contribution in [-0.4, -0.2) is 24.5 Å². The minimum absolute atomic E-state index is 0.0498. The molecule has 2 N–H and O–H groups in total. The van der Waals surface area contributed by atoms with Gasteiger partial charge >= 0.3 is 0 Å². The number of ether oxygens (including phenoxy) is 1. The molecular formula is C21H22N2O3. The van der Waals surface area contributed by atoms with E-state index in [0.717, 1.165) is 16.5 Å². The van der Waals surface area contributed by atoms with Crippen LogP contribution in [0.1, 0.15) is 16.7 Å². The summed E-state index contributed by atoms with van der Waals surface area (Å²) in [4.78, 5) is 27.3. The summed E-state index contributed by atoms with van der Waals surface area (Å²) in [6.45, 7) is 2.41. The number of nitrogens with one attached hydrogen (secondary N) is 2. The first kappa shape index (κ1) is 17.7. The van der Waals surface area contributed by atoms with Crippen molar-refractivity contribution in [3.8, 4) is 5.75 Å². The number of benzene rings is 2. The van der Waals surface area contributed by atoms with E-state index in [1.54, 1.807) is 7.11 Å². The van der Waals surface area contributed by atoms with Gasteiger partial charge in [0.25, 0.3) is 5.56 Å². The summed E-state index contributed by atoms with van der Waals surface area (Å²) < 4.78 is 5.32. The Morgan fingerprint density at radius 1 is 1.15 bits per heavy atom. The zero-order valence-electron chi connectivity index (χ0n) is 15.0. The number of carbonyl (C=O) groups is 1. The Hall–Kier alpha value is -3.08. The second-order valence-electron chi connectivity index (χ2n) is 6.26. The Morgan fingerprint density at radius 3 is 2.65 bits per heavy atom. The smallest absolute Gasteiger partial charge is 0.251 e. The van der Waals surface area contributed by atoms with E-state index in [9.17, 15) is 9.59 Å². The van der Waals surface area contributed by atoms with Crippen molar-refractivity contribution in [2.75, 3.05) is 13.7 Å². The van der Waals surface area contributed by atoms with Crippen molar-refractivity contribution in [1.29, 1.82) is 0 Å². The highest BCUT2D eigenvalue weighted by molar-refractivity contribution is 5.87. The first-order valence-corrected chi connectivity index (χ1v) is 8.58. The maximum atomic E-state index is 12.4. The van der Waals surface area contributed by atoms with E-state index in [0.29, 0.717) is 36.2 Å². The molecule has 134 valence electrons. The van der Waals surface area contributed by atoms with Gasteiger partial charge in [-0.15, -0.1) is 0 Å². The predicted octanol–water partition coefficient (Wildman–Crippen LogP) is 2.75. The highest BCUT2D eigenvalue weighted by atomic mass is 16.5. The van der Waals surface area contributed by atoms with Crippen LogP contribution in [0.25, 0.3) is 10.9 Å². The van der Waals surface area contributed by atoms with Crippen molar-refractivity contribution >= 4 is 16.8 Å². The fourth-order valence-electron chi connectivity index (χ4n) is 2.99. The van der Waals surface area contributed by atoms with Gasteiger partial charge in [0.2, 0.25) is 5.91 Å². The molecule has 0 saturated carbocycles. The lowest BCUT2D eigenvalue weighted by molar-refractivity contribution is -0.120. The fraction of sp³-hybridized carbons (Fsp3) is 0.238. The lowest BCUT2D eigenvalue weighted by Crippen LogP contribution is -2.28. The van der Waals surface area contributed by atoms with E-state index in [-0.39, 0.29) is 11.5 Å². The Balaban J connectivity index is 1.69. The molecule has 1 amide bonds.